The van der Waals surface area contributed by atoms with Crippen molar-refractivity contribution in [2.75, 3.05) is 13.2 Å². The lowest BCUT2D eigenvalue weighted by atomic mass is 10.0. The van der Waals surface area contributed by atoms with E-state index in [2.05, 4.69) is 52.0 Å². The van der Waals surface area contributed by atoms with Crippen molar-refractivity contribution in [1.82, 2.24) is 0 Å². The van der Waals surface area contributed by atoms with Crippen LogP contribution in [-0.4, -0.2) is 49.3 Å². The molecule has 8 nitrogen and oxygen atoms in total. The highest BCUT2D eigenvalue weighted by Gasteiger charge is 2.20. The van der Waals surface area contributed by atoms with Gasteiger partial charge in [-0.3, -0.25) is 19.2 Å². The first-order valence-corrected chi connectivity index (χ1v) is 35.9. The molecule has 0 rings (SSSR count). The van der Waals surface area contributed by atoms with Crippen molar-refractivity contribution in [2.45, 2.75) is 406 Å². The van der Waals surface area contributed by atoms with Gasteiger partial charge in [-0.05, 0) is 103 Å². The summed E-state index contributed by atoms with van der Waals surface area (Å²) in [5.74, 6) is -0.961. The lowest BCUT2D eigenvalue weighted by Crippen LogP contribution is -2.30. The van der Waals surface area contributed by atoms with Crippen LogP contribution < -0.4 is 0 Å². The molecule has 81 heavy (non-hydrogen) atoms. The van der Waals surface area contributed by atoms with Crippen LogP contribution in [-0.2, 0) is 38.1 Å². The minimum absolute atomic E-state index is 0.0135. The summed E-state index contributed by atoms with van der Waals surface area (Å²) in [6.07, 6.45) is 73.4. The molecule has 8 heteroatoms. The summed E-state index contributed by atoms with van der Waals surface area (Å²) in [4.78, 5) is 51.5. The molecule has 0 saturated heterocycles. The summed E-state index contributed by atoms with van der Waals surface area (Å²) >= 11 is 0. The van der Waals surface area contributed by atoms with E-state index in [4.69, 9.17) is 18.9 Å². The van der Waals surface area contributed by atoms with Crippen LogP contribution in [0.4, 0.5) is 0 Å². The Morgan fingerprint density at radius 3 is 0.741 bits per heavy atom. The Labute approximate surface area is 503 Å². The number of rotatable bonds is 66. The minimum atomic E-state index is -0.813. The Hall–Kier alpha value is -2.64. The molecule has 0 bridgehead atoms. The van der Waals surface area contributed by atoms with Gasteiger partial charge in [-0.2, -0.15) is 0 Å². The fourth-order valence-electron chi connectivity index (χ4n) is 10.9. The maximum atomic E-state index is 13.1. The van der Waals surface area contributed by atoms with Crippen LogP contribution in [0.15, 0.2) is 24.3 Å². The summed E-state index contributed by atoms with van der Waals surface area (Å²) in [5.41, 5.74) is 0. The molecule has 0 aliphatic heterocycles. The molecule has 0 spiro atoms. The van der Waals surface area contributed by atoms with Crippen LogP contribution in [0.1, 0.15) is 394 Å². The normalized spacial score (nSPS) is 12.4. The van der Waals surface area contributed by atoms with E-state index >= 15 is 0 Å². The van der Waals surface area contributed by atoms with Crippen LogP contribution in [0.2, 0.25) is 0 Å². The average molecular weight is 1140 g/mol. The molecule has 0 heterocycles. The Morgan fingerprint density at radius 2 is 0.457 bits per heavy atom. The van der Waals surface area contributed by atoms with Crippen molar-refractivity contribution in [2.24, 2.45) is 0 Å². The third-order valence-electron chi connectivity index (χ3n) is 16.3. The van der Waals surface area contributed by atoms with Crippen molar-refractivity contribution >= 4 is 23.9 Å². The van der Waals surface area contributed by atoms with Crippen molar-refractivity contribution < 1.29 is 38.1 Å². The van der Waals surface area contributed by atoms with Gasteiger partial charge in [0, 0.05) is 25.7 Å². The van der Waals surface area contributed by atoms with Gasteiger partial charge in [0.2, 0.25) is 0 Å². The topological polar surface area (TPSA) is 105 Å². The van der Waals surface area contributed by atoms with Crippen LogP contribution in [0.3, 0.4) is 0 Å². The Kier molecular flexibility index (Phi) is 64.3. The first-order valence-electron chi connectivity index (χ1n) is 35.9. The SMILES string of the molecule is CCCCCCCCC=CCCCCCCCC(=O)OCC(COC(=O)CCCCCCCCCCCCCCCCC)OC(=O)CCCCCCCCC(CCCCCC)OC(=O)CCCCCCCC=CCCCCCCCC. The van der Waals surface area contributed by atoms with Crippen molar-refractivity contribution in [3.05, 3.63) is 24.3 Å². The fourth-order valence-corrected chi connectivity index (χ4v) is 10.9. The van der Waals surface area contributed by atoms with Crippen LogP contribution in [0.5, 0.6) is 0 Å². The first kappa shape index (κ1) is 78.4. The van der Waals surface area contributed by atoms with Gasteiger partial charge < -0.3 is 18.9 Å². The van der Waals surface area contributed by atoms with Gasteiger partial charge in [-0.1, -0.05) is 290 Å². The van der Waals surface area contributed by atoms with Gasteiger partial charge in [0.1, 0.15) is 19.3 Å². The molecule has 0 fully saturated rings. The number of esters is 4. The maximum absolute atomic E-state index is 13.1. The second-order valence-corrected chi connectivity index (χ2v) is 24.5. The molecule has 0 aromatic rings. The Bertz CT molecular complexity index is 1390. The lowest BCUT2D eigenvalue weighted by molar-refractivity contribution is -0.167. The van der Waals surface area contributed by atoms with Crippen LogP contribution in [0.25, 0.3) is 0 Å². The van der Waals surface area contributed by atoms with E-state index in [1.54, 1.807) is 0 Å². The summed E-state index contributed by atoms with van der Waals surface area (Å²) in [7, 11) is 0. The zero-order chi connectivity index (χ0) is 58.8. The molecule has 0 aromatic carbocycles. The molecular weight excluding hydrogens is 1000 g/mol. The summed E-state index contributed by atoms with van der Waals surface area (Å²) in [6.45, 7) is 8.84. The fraction of sp³-hybridized carbons (Fsp3) is 0.890. The molecule has 2 unspecified atom stereocenters. The van der Waals surface area contributed by atoms with E-state index in [1.165, 1.54) is 218 Å². The average Bonchev–Trinajstić information content (AvgIpc) is 3.46. The lowest BCUT2D eigenvalue weighted by Gasteiger charge is -2.18. The summed E-state index contributed by atoms with van der Waals surface area (Å²) in [5, 5.41) is 0. The second kappa shape index (κ2) is 66.5. The van der Waals surface area contributed by atoms with E-state index in [-0.39, 0.29) is 49.6 Å². The van der Waals surface area contributed by atoms with Gasteiger partial charge >= 0.3 is 23.9 Å². The largest absolute Gasteiger partial charge is 0.462 e. The third-order valence-corrected chi connectivity index (χ3v) is 16.3. The standard InChI is InChI=1S/C73H136O8/c1-5-9-13-17-20-23-26-29-32-35-38-41-44-50-56-62-70(74)78-66-69(67-79-71(75)63-57-51-45-42-39-36-33-30-27-24-21-18-14-10-6-2)81-73(77)65-59-53-48-47-49-55-61-68(60-54-16-12-8-4)80-72(76)64-58-52-46-43-40-37-34-31-28-25-22-19-15-11-7-3/h29,31-32,34,68-69H,5-28,30,33,35-67H2,1-4H3. The highest BCUT2D eigenvalue weighted by Crippen LogP contribution is 2.20. The molecule has 0 amide bonds. The molecule has 0 radical (unpaired) electrons. The van der Waals surface area contributed by atoms with Gasteiger partial charge in [-0.25, -0.2) is 0 Å². The zero-order valence-electron chi connectivity index (χ0n) is 54.4. The molecular formula is C73H136O8. The van der Waals surface area contributed by atoms with Gasteiger partial charge in [0.05, 0.1) is 0 Å². The monoisotopic (exact) mass is 1140 g/mol. The Balaban J connectivity index is 4.65. The molecule has 0 aliphatic rings. The summed E-state index contributed by atoms with van der Waals surface area (Å²) < 4.78 is 23.1. The number of unbranched alkanes of at least 4 members (excludes halogenated alkanes) is 44. The number of ether oxygens (including phenoxy) is 4. The molecule has 2 atom stereocenters. The summed E-state index contributed by atoms with van der Waals surface area (Å²) in [6, 6.07) is 0. The first-order chi connectivity index (χ1) is 39.9. The van der Waals surface area contributed by atoms with Crippen LogP contribution in [0, 0.1) is 0 Å². The predicted octanol–water partition coefficient (Wildman–Crippen LogP) is 23.3. The van der Waals surface area contributed by atoms with Crippen molar-refractivity contribution in [3.63, 3.8) is 0 Å². The van der Waals surface area contributed by atoms with E-state index in [9.17, 15) is 19.2 Å². The smallest absolute Gasteiger partial charge is 0.306 e. The van der Waals surface area contributed by atoms with E-state index in [1.807, 2.05) is 0 Å². The zero-order valence-corrected chi connectivity index (χ0v) is 54.4. The number of carbonyl (C=O) groups is 4. The number of carbonyl (C=O) groups excluding carboxylic acids is 4. The van der Waals surface area contributed by atoms with Gasteiger partial charge in [-0.15, -0.1) is 0 Å². The Morgan fingerprint density at radius 1 is 0.247 bits per heavy atom. The molecule has 0 aliphatic carbocycles. The third kappa shape index (κ3) is 63.2. The molecule has 0 N–H and O–H groups in total. The molecule has 476 valence electrons. The minimum Gasteiger partial charge on any atom is -0.462 e. The van der Waals surface area contributed by atoms with Crippen molar-refractivity contribution in [1.29, 1.82) is 0 Å². The quantitative estimate of drug-likeness (QED) is 0.0257. The van der Waals surface area contributed by atoms with Gasteiger partial charge in [0.15, 0.2) is 6.10 Å². The van der Waals surface area contributed by atoms with Crippen molar-refractivity contribution in [3.8, 4) is 0 Å². The van der Waals surface area contributed by atoms with Crippen LogP contribution >= 0.6 is 0 Å². The molecule has 0 aromatic heterocycles. The maximum Gasteiger partial charge on any atom is 0.306 e. The highest BCUT2D eigenvalue weighted by atomic mass is 16.6. The number of hydrogen-bond acceptors (Lipinski definition) is 8. The van der Waals surface area contributed by atoms with E-state index < -0.39 is 6.10 Å². The van der Waals surface area contributed by atoms with E-state index in [0.717, 1.165) is 116 Å². The van der Waals surface area contributed by atoms with E-state index in [0.29, 0.717) is 25.7 Å². The molecule has 0 saturated carbocycles. The second-order valence-electron chi connectivity index (χ2n) is 24.5. The predicted molar refractivity (Wildman–Crippen MR) is 346 cm³/mol. The number of hydrogen-bond donors (Lipinski definition) is 0. The van der Waals surface area contributed by atoms with Gasteiger partial charge in [0.25, 0.3) is 0 Å². The highest BCUT2D eigenvalue weighted by molar-refractivity contribution is 5.71. The number of allylic oxidation sites excluding steroid dienone is 4.